The summed E-state index contributed by atoms with van der Waals surface area (Å²) < 4.78 is 0. The fourth-order valence-electron chi connectivity index (χ4n) is 3.34. The maximum atomic E-state index is 12.7. The Bertz CT molecular complexity index is 881. The third-order valence-electron chi connectivity index (χ3n) is 4.61. The van der Waals surface area contributed by atoms with E-state index in [0.29, 0.717) is 13.0 Å². The molecule has 0 spiro atoms. The summed E-state index contributed by atoms with van der Waals surface area (Å²) in [6.07, 6.45) is 3.26. The normalized spacial score (nSPS) is 14.0. The number of H-pyrrole nitrogens is 1. The first-order valence-corrected chi connectivity index (χ1v) is 7.91. The van der Waals surface area contributed by atoms with Gasteiger partial charge in [0.2, 0.25) is 5.91 Å². The van der Waals surface area contributed by atoms with Crippen molar-refractivity contribution in [3.05, 3.63) is 65.4 Å². The van der Waals surface area contributed by atoms with Gasteiger partial charge in [0.25, 0.3) is 0 Å². The average Bonchev–Trinajstić information content (AvgIpc) is 2.97. The number of nitrogens with two attached hydrogens (primary N) is 1. The highest BCUT2D eigenvalue weighted by molar-refractivity contribution is 5.89. The molecule has 0 bridgehead atoms. The number of nitrogen functional groups attached to an aromatic ring is 1. The Morgan fingerprint density at radius 1 is 1.17 bits per heavy atom. The zero-order chi connectivity index (χ0) is 15.8. The molecule has 3 N–H and O–H groups in total. The fourth-order valence-corrected chi connectivity index (χ4v) is 3.34. The molecule has 1 aliphatic heterocycles. The Morgan fingerprint density at radius 3 is 2.96 bits per heavy atom. The Hall–Kier alpha value is -2.75. The van der Waals surface area contributed by atoms with E-state index in [2.05, 4.69) is 11.1 Å². The van der Waals surface area contributed by atoms with Gasteiger partial charge < -0.3 is 15.6 Å². The van der Waals surface area contributed by atoms with E-state index in [0.717, 1.165) is 35.1 Å². The molecule has 23 heavy (non-hydrogen) atoms. The molecular formula is C19H19N3O. The molecule has 4 nitrogen and oxygen atoms in total. The van der Waals surface area contributed by atoms with Crippen molar-refractivity contribution >= 4 is 22.5 Å². The molecule has 1 amide bonds. The van der Waals surface area contributed by atoms with E-state index >= 15 is 0 Å². The summed E-state index contributed by atoms with van der Waals surface area (Å²) in [4.78, 5) is 17.9. The van der Waals surface area contributed by atoms with Crippen molar-refractivity contribution in [3.8, 4) is 0 Å². The highest BCUT2D eigenvalue weighted by atomic mass is 16.2. The molecule has 0 unspecified atom stereocenters. The van der Waals surface area contributed by atoms with Crippen molar-refractivity contribution in [2.45, 2.75) is 19.4 Å². The molecule has 1 aliphatic rings. The minimum absolute atomic E-state index is 0.178. The molecule has 0 saturated carbocycles. The fraction of sp³-hybridized carbons (Fsp3) is 0.211. The minimum atomic E-state index is 0.178. The van der Waals surface area contributed by atoms with Crippen LogP contribution in [0.4, 0.5) is 5.69 Å². The summed E-state index contributed by atoms with van der Waals surface area (Å²) in [6.45, 7) is 1.44. The van der Waals surface area contributed by atoms with Gasteiger partial charge in [-0.1, -0.05) is 24.3 Å². The molecule has 4 rings (SSSR count). The molecule has 0 atom stereocenters. The maximum Gasteiger partial charge on any atom is 0.227 e. The van der Waals surface area contributed by atoms with E-state index in [-0.39, 0.29) is 5.91 Å². The van der Waals surface area contributed by atoms with Crippen LogP contribution in [0.15, 0.2) is 48.7 Å². The number of aromatic nitrogens is 1. The largest absolute Gasteiger partial charge is 0.399 e. The Kier molecular flexibility index (Phi) is 3.30. The molecule has 4 heteroatoms. The average molecular weight is 305 g/mol. The van der Waals surface area contributed by atoms with Crippen LogP contribution in [-0.4, -0.2) is 22.3 Å². The van der Waals surface area contributed by atoms with E-state index in [9.17, 15) is 4.79 Å². The number of hydrogen-bond donors (Lipinski definition) is 2. The first kappa shape index (κ1) is 13.9. The van der Waals surface area contributed by atoms with Crippen LogP contribution >= 0.6 is 0 Å². The molecule has 0 fully saturated rings. The number of fused-ring (bicyclic) bond motifs is 2. The van der Waals surface area contributed by atoms with Gasteiger partial charge in [-0.15, -0.1) is 0 Å². The number of aromatic amines is 1. The second-order valence-corrected chi connectivity index (χ2v) is 6.13. The van der Waals surface area contributed by atoms with Gasteiger partial charge in [-0.25, -0.2) is 0 Å². The second-order valence-electron chi connectivity index (χ2n) is 6.13. The molecular weight excluding hydrogens is 286 g/mol. The molecule has 0 radical (unpaired) electrons. The molecule has 0 aliphatic carbocycles. The highest BCUT2D eigenvalue weighted by Crippen LogP contribution is 2.23. The topological polar surface area (TPSA) is 62.1 Å². The summed E-state index contributed by atoms with van der Waals surface area (Å²) in [6, 6.07) is 14.1. The number of carbonyl (C=O) groups excluding carboxylic acids is 1. The number of hydrogen-bond acceptors (Lipinski definition) is 2. The van der Waals surface area contributed by atoms with Gasteiger partial charge in [-0.2, -0.15) is 0 Å². The van der Waals surface area contributed by atoms with Gasteiger partial charge in [0, 0.05) is 35.9 Å². The quantitative estimate of drug-likeness (QED) is 0.715. The zero-order valence-corrected chi connectivity index (χ0v) is 12.9. The number of anilines is 1. The smallest absolute Gasteiger partial charge is 0.227 e. The molecule has 2 heterocycles. The molecule has 1 aromatic heterocycles. The Morgan fingerprint density at radius 2 is 2.04 bits per heavy atom. The van der Waals surface area contributed by atoms with Gasteiger partial charge in [0.05, 0.1) is 6.42 Å². The molecule has 0 saturated heterocycles. The lowest BCUT2D eigenvalue weighted by atomic mass is 9.98. The van der Waals surface area contributed by atoms with E-state index < -0.39 is 0 Å². The first-order chi connectivity index (χ1) is 11.2. The van der Waals surface area contributed by atoms with Gasteiger partial charge in [-0.3, -0.25) is 4.79 Å². The van der Waals surface area contributed by atoms with Gasteiger partial charge in [0.15, 0.2) is 0 Å². The van der Waals surface area contributed by atoms with Crippen molar-refractivity contribution in [1.29, 1.82) is 0 Å². The Labute approximate surface area is 134 Å². The number of nitrogens with one attached hydrogen (secondary N) is 1. The number of benzene rings is 2. The first-order valence-electron chi connectivity index (χ1n) is 7.91. The van der Waals surface area contributed by atoms with Crippen molar-refractivity contribution < 1.29 is 4.79 Å². The minimum Gasteiger partial charge on any atom is -0.399 e. The van der Waals surface area contributed by atoms with E-state index in [1.165, 1.54) is 11.1 Å². The number of carbonyl (C=O) groups is 1. The van der Waals surface area contributed by atoms with Crippen molar-refractivity contribution in [2.75, 3.05) is 12.3 Å². The van der Waals surface area contributed by atoms with E-state index in [1.54, 1.807) is 0 Å². The third-order valence-corrected chi connectivity index (χ3v) is 4.61. The van der Waals surface area contributed by atoms with Crippen LogP contribution in [0.3, 0.4) is 0 Å². The van der Waals surface area contributed by atoms with Crippen LogP contribution in [0.1, 0.15) is 16.7 Å². The van der Waals surface area contributed by atoms with E-state index in [4.69, 9.17) is 5.73 Å². The molecule has 116 valence electrons. The highest BCUT2D eigenvalue weighted by Gasteiger charge is 2.21. The van der Waals surface area contributed by atoms with Crippen LogP contribution in [0, 0.1) is 0 Å². The van der Waals surface area contributed by atoms with Crippen molar-refractivity contribution in [2.24, 2.45) is 0 Å². The lowest BCUT2D eigenvalue weighted by Crippen LogP contribution is -2.36. The number of nitrogens with zero attached hydrogens (tertiary/aromatic N) is 1. The molecule has 2 aromatic carbocycles. The lowest BCUT2D eigenvalue weighted by molar-refractivity contribution is -0.131. The Balaban J connectivity index is 1.53. The summed E-state index contributed by atoms with van der Waals surface area (Å²) in [5.41, 5.74) is 11.2. The summed E-state index contributed by atoms with van der Waals surface area (Å²) in [5, 5.41) is 1.13. The van der Waals surface area contributed by atoms with Crippen molar-refractivity contribution in [3.63, 3.8) is 0 Å². The van der Waals surface area contributed by atoms with Crippen molar-refractivity contribution in [1.82, 2.24) is 9.88 Å². The maximum absolute atomic E-state index is 12.7. The summed E-state index contributed by atoms with van der Waals surface area (Å²) in [5.74, 6) is 0.178. The zero-order valence-electron chi connectivity index (χ0n) is 12.9. The number of para-hydroxylation sites is 1. The molecule has 3 aromatic rings. The second kappa shape index (κ2) is 5.47. The van der Waals surface area contributed by atoms with Crippen LogP contribution < -0.4 is 5.73 Å². The van der Waals surface area contributed by atoms with Gasteiger partial charge in [0.1, 0.15) is 0 Å². The van der Waals surface area contributed by atoms with Gasteiger partial charge in [-0.05, 0) is 41.3 Å². The standard InChI is InChI=1S/C19H19N3O/c20-16-6-5-14-12-22(8-7-13(14)9-16)19(23)10-15-11-21-18-4-2-1-3-17(15)18/h1-6,9,11,21H,7-8,10,12,20H2. The van der Waals surface area contributed by atoms with Gasteiger partial charge >= 0.3 is 0 Å². The summed E-state index contributed by atoms with van der Waals surface area (Å²) in [7, 11) is 0. The monoisotopic (exact) mass is 305 g/mol. The third kappa shape index (κ3) is 2.57. The van der Waals surface area contributed by atoms with E-state index in [1.807, 2.05) is 47.5 Å². The van der Waals surface area contributed by atoms with Crippen LogP contribution in [0.25, 0.3) is 10.9 Å². The van der Waals surface area contributed by atoms with Crippen LogP contribution in [0.2, 0.25) is 0 Å². The number of amides is 1. The predicted octanol–water partition coefficient (Wildman–Crippen LogP) is 2.88. The summed E-state index contributed by atoms with van der Waals surface area (Å²) >= 11 is 0. The SMILES string of the molecule is Nc1ccc2c(c1)CCN(C(=O)Cc1c[nH]c3ccccc13)C2. The van der Waals surface area contributed by atoms with Crippen LogP contribution in [0.5, 0.6) is 0 Å². The number of rotatable bonds is 2. The lowest BCUT2D eigenvalue weighted by Gasteiger charge is -2.29. The van der Waals surface area contributed by atoms with Crippen LogP contribution in [-0.2, 0) is 24.2 Å². The predicted molar refractivity (Wildman–Crippen MR) is 92.0 cm³/mol.